The zero-order valence-corrected chi connectivity index (χ0v) is 32.0. The smallest absolute Gasteiger partial charge is 0.0437 e. The van der Waals surface area contributed by atoms with Crippen molar-refractivity contribution in [2.75, 3.05) is 0 Å². The van der Waals surface area contributed by atoms with E-state index in [2.05, 4.69) is 196 Å². The normalized spacial score (nSPS) is 13.3. The first kappa shape index (κ1) is 31.8. The molecule has 0 radical (unpaired) electrons. The van der Waals surface area contributed by atoms with E-state index in [1.165, 1.54) is 119 Å². The van der Waals surface area contributed by atoms with Crippen LogP contribution in [0.15, 0.2) is 182 Å². The Labute approximate surface area is 329 Å². The van der Waals surface area contributed by atoms with Gasteiger partial charge in [0.2, 0.25) is 0 Å². The number of fused-ring (bicyclic) bond motifs is 12. The van der Waals surface area contributed by atoms with Crippen LogP contribution in [0, 0.1) is 0 Å². The number of benzene rings is 10. The van der Waals surface area contributed by atoms with Gasteiger partial charge in [0.05, 0.1) is 0 Å². The molecular formula is C55H36S. The van der Waals surface area contributed by atoms with Crippen molar-refractivity contribution in [2.24, 2.45) is 0 Å². The second-order valence-corrected chi connectivity index (χ2v) is 17.0. The van der Waals surface area contributed by atoms with E-state index in [1.807, 2.05) is 11.3 Å². The van der Waals surface area contributed by atoms with Gasteiger partial charge in [-0.25, -0.2) is 0 Å². The molecule has 0 fully saturated rings. The molecule has 0 saturated heterocycles. The lowest BCUT2D eigenvalue weighted by Crippen LogP contribution is -2.16. The van der Waals surface area contributed by atoms with Crippen molar-refractivity contribution < 1.29 is 0 Å². The number of hydrogen-bond donors (Lipinski definition) is 0. The van der Waals surface area contributed by atoms with E-state index >= 15 is 0 Å². The van der Waals surface area contributed by atoms with Crippen molar-refractivity contribution in [1.82, 2.24) is 0 Å². The van der Waals surface area contributed by atoms with Gasteiger partial charge in [-0.3, -0.25) is 0 Å². The Bertz CT molecular complexity index is 3370. The van der Waals surface area contributed by atoms with Crippen LogP contribution >= 0.6 is 11.3 Å². The van der Waals surface area contributed by atoms with Gasteiger partial charge in [-0.05, 0) is 105 Å². The molecule has 1 heteroatoms. The Morgan fingerprint density at radius 1 is 0.357 bits per heavy atom. The lowest BCUT2D eigenvalue weighted by molar-refractivity contribution is 0.663. The summed E-state index contributed by atoms with van der Waals surface area (Å²) in [5.41, 5.74) is 13.2. The van der Waals surface area contributed by atoms with Crippen molar-refractivity contribution in [3.8, 4) is 44.5 Å². The van der Waals surface area contributed by atoms with Crippen LogP contribution < -0.4 is 0 Å². The Morgan fingerprint density at radius 2 is 0.893 bits per heavy atom. The predicted molar refractivity (Wildman–Crippen MR) is 243 cm³/mol. The summed E-state index contributed by atoms with van der Waals surface area (Å²) in [5.74, 6) is 0. The second-order valence-electron chi connectivity index (χ2n) is 15.9. The van der Waals surface area contributed by atoms with Crippen LogP contribution in [0.3, 0.4) is 0 Å². The standard InChI is InChI=1S/C55H36S/c1-55(2)47-31-30-34-15-4-6-18-38(34)51(47)52-53(55)45(32-46-39-19-11-12-25-48(39)56-54(46)52)35-26-28-36(29-27-35)49-41-20-7-9-22-43(41)50(44-23-10-8-21-42(44)49)40-24-13-16-33-14-3-5-17-37(33)40/h3-32H,1-2H3. The highest BCUT2D eigenvalue weighted by molar-refractivity contribution is 7.26. The van der Waals surface area contributed by atoms with E-state index in [9.17, 15) is 0 Å². The van der Waals surface area contributed by atoms with Crippen LogP contribution in [0.5, 0.6) is 0 Å². The molecule has 1 aromatic heterocycles. The average Bonchev–Trinajstić information content (AvgIpc) is 3.74. The summed E-state index contributed by atoms with van der Waals surface area (Å²) in [6.07, 6.45) is 0. The molecule has 1 heterocycles. The highest BCUT2D eigenvalue weighted by Crippen LogP contribution is 2.59. The maximum atomic E-state index is 2.50. The Balaban J connectivity index is 1.11. The average molecular weight is 729 g/mol. The highest BCUT2D eigenvalue weighted by Gasteiger charge is 2.40. The summed E-state index contributed by atoms with van der Waals surface area (Å²) < 4.78 is 2.74. The summed E-state index contributed by atoms with van der Waals surface area (Å²) in [7, 11) is 0. The first-order valence-corrected chi connectivity index (χ1v) is 20.4. The Hall–Kier alpha value is -6.54. The molecule has 0 unspecified atom stereocenters. The molecule has 262 valence electrons. The third-order valence-corrected chi connectivity index (χ3v) is 13.8. The number of rotatable bonds is 3. The Kier molecular flexibility index (Phi) is 6.66. The van der Waals surface area contributed by atoms with E-state index < -0.39 is 0 Å². The predicted octanol–water partition coefficient (Wildman–Crippen LogP) is 16.0. The molecule has 11 aromatic rings. The third-order valence-electron chi connectivity index (χ3n) is 12.6. The monoisotopic (exact) mass is 728 g/mol. The van der Waals surface area contributed by atoms with Gasteiger partial charge < -0.3 is 0 Å². The molecular weight excluding hydrogens is 693 g/mol. The van der Waals surface area contributed by atoms with E-state index in [1.54, 1.807) is 0 Å². The van der Waals surface area contributed by atoms with Crippen LogP contribution in [-0.4, -0.2) is 0 Å². The molecule has 12 rings (SSSR count). The van der Waals surface area contributed by atoms with E-state index in [4.69, 9.17) is 0 Å². The van der Waals surface area contributed by atoms with Crippen LogP contribution in [-0.2, 0) is 5.41 Å². The van der Waals surface area contributed by atoms with Crippen LogP contribution in [0.25, 0.3) is 108 Å². The first-order chi connectivity index (χ1) is 27.6. The van der Waals surface area contributed by atoms with Gasteiger partial charge in [0.15, 0.2) is 0 Å². The maximum Gasteiger partial charge on any atom is 0.0437 e. The fraction of sp³-hybridized carbons (Fsp3) is 0.0545. The SMILES string of the molecule is CC1(C)c2ccc3ccccc3c2-c2c1c(-c1ccc(-c3c4ccccc4c(-c4cccc5ccccc45)c4ccccc34)cc1)cc1c2sc2ccccc21. The highest BCUT2D eigenvalue weighted by atomic mass is 32.1. The lowest BCUT2D eigenvalue weighted by Gasteiger charge is -2.25. The summed E-state index contributed by atoms with van der Waals surface area (Å²) in [6.45, 7) is 4.86. The van der Waals surface area contributed by atoms with Crippen molar-refractivity contribution in [1.29, 1.82) is 0 Å². The van der Waals surface area contributed by atoms with Crippen molar-refractivity contribution in [3.05, 3.63) is 193 Å². The third kappa shape index (κ3) is 4.35. The molecule has 1 aliphatic carbocycles. The Morgan fingerprint density at radius 3 is 1.59 bits per heavy atom. The van der Waals surface area contributed by atoms with E-state index in [0.717, 1.165) is 0 Å². The molecule has 0 saturated carbocycles. The largest absolute Gasteiger partial charge is 0.135 e. The number of thiophene rings is 1. The minimum Gasteiger partial charge on any atom is -0.135 e. The van der Waals surface area contributed by atoms with Crippen LogP contribution in [0.2, 0.25) is 0 Å². The fourth-order valence-electron chi connectivity index (χ4n) is 10.2. The summed E-state index contributed by atoms with van der Waals surface area (Å²) >= 11 is 1.95. The van der Waals surface area contributed by atoms with Crippen molar-refractivity contribution in [3.63, 3.8) is 0 Å². The second kappa shape index (κ2) is 11.7. The summed E-state index contributed by atoms with van der Waals surface area (Å²) in [6, 6.07) is 68.0. The van der Waals surface area contributed by atoms with Gasteiger partial charge in [-0.2, -0.15) is 0 Å². The maximum absolute atomic E-state index is 2.50. The molecule has 0 nitrogen and oxygen atoms in total. The van der Waals surface area contributed by atoms with Crippen LogP contribution in [0.4, 0.5) is 0 Å². The van der Waals surface area contributed by atoms with Crippen LogP contribution in [0.1, 0.15) is 25.0 Å². The number of hydrogen-bond acceptors (Lipinski definition) is 1. The molecule has 1 aliphatic rings. The van der Waals surface area contributed by atoms with Gasteiger partial charge in [0.1, 0.15) is 0 Å². The van der Waals surface area contributed by atoms with E-state index in [-0.39, 0.29) is 5.41 Å². The molecule has 0 spiro atoms. The fourth-order valence-corrected chi connectivity index (χ4v) is 11.4. The molecule has 0 amide bonds. The molecule has 0 aliphatic heterocycles. The molecule has 10 aromatic carbocycles. The summed E-state index contributed by atoms with van der Waals surface area (Å²) in [4.78, 5) is 0. The zero-order valence-electron chi connectivity index (χ0n) is 31.2. The van der Waals surface area contributed by atoms with Crippen molar-refractivity contribution in [2.45, 2.75) is 19.3 Å². The molecule has 0 atom stereocenters. The zero-order chi connectivity index (χ0) is 37.1. The quantitative estimate of drug-likeness (QED) is 0.159. The topological polar surface area (TPSA) is 0 Å². The first-order valence-electron chi connectivity index (χ1n) is 19.6. The van der Waals surface area contributed by atoms with Gasteiger partial charge >= 0.3 is 0 Å². The lowest BCUT2D eigenvalue weighted by atomic mass is 9.78. The molecule has 0 N–H and O–H groups in total. The molecule has 0 bridgehead atoms. The minimum absolute atomic E-state index is 0.170. The van der Waals surface area contributed by atoms with Crippen molar-refractivity contribution >= 4 is 74.6 Å². The van der Waals surface area contributed by atoms with Gasteiger partial charge in [0.25, 0.3) is 0 Å². The summed E-state index contributed by atoms with van der Waals surface area (Å²) in [5, 5.41) is 13.0. The van der Waals surface area contributed by atoms with E-state index in [0.29, 0.717) is 0 Å². The minimum atomic E-state index is -0.170. The van der Waals surface area contributed by atoms with Gasteiger partial charge in [0, 0.05) is 31.2 Å². The molecule has 56 heavy (non-hydrogen) atoms. The van der Waals surface area contributed by atoms with Gasteiger partial charge in [-0.15, -0.1) is 11.3 Å². The van der Waals surface area contributed by atoms with Gasteiger partial charge in [-0.1, -0.05) is 184 Å².